The first-order valence-electron chi connectivity index (χ1n) is 12.0. The largest absolute Gasteiger partial charge is 0.391 e. The highest BCUT2D eigenvalue weighted by molar-refractivity contribution is 8.93. The normalized spacial score (nSPS) is 22.6. The van der Waals surface area contributed by atoms with Gasteiger partial charge < -0.3 is 26.2 Å². The quantitative estimate of drug-likeness (QED) is 0.365. The lowest BCUT2D eigenvalue weighted by atomic mass is 9.92. The second-order valence-electron chi connectivity index (χ2n) is 9.55. The molecule has 202 valence electrons. The predicted molar refractivity (Wildman–Crippen MR) is 141 cm³/mol. The summed E-state index contributed by atoms with van der Waals surface area (Å²) in [6, 6.07) is 4.61. The summed E-state index contributed by atoms with van der Waals surface area (Å²) in [5, 5.41) is 23.4. The minimum absolute atomic E-state index is 0. The van der Waals surface area contributed by atoms with Crippen LogP contribution in [0.3, 0.4) is 0 Å². The molecular formula is C26H27BrF3N5O3. The van der Waals surface area contributed by atoms with Crippen molar-refractivity contribution >= 4 is 34.3 Å². The number of aliphatic hydroxyl groups is 2. The van der Waals surface area contributed by atoms with E-state index in [1.807, 2.05) is 11.8 Å². The van der Waals surface area contributed by atoms with Crippen LogP contribution in [0.2, 0.25) is 0 Å². The molecule has 1 aromatic carbocycles. The number of rotatable bonds is 4. The maximum absolute atomic E-state index is 14.5. The number of aromatic nitrogens is 2. The maximum Gasteiger partial charge on any atom is 0.274 e. The van der Waals surface area contributed by atoms with Crippen LogP contribution in [0.1, 0.15) is 41.2 Å². The van der Waals surface area contributed by atoms with Gasteiger partial charge in [0.25, 0.3) is 5.91 Å². The Bertz CT molecular complexity index is 1350. The van der Waals surface area contributed by atoms with Crippen LogP contribution in [0.15, 0.2) is 36.5 Å². The highest BCUT2D eigenvalue weighted by Crippen LogP contribution is 2.41. The summed E-state index contributed by atoms with van der Waals surface area (Å²) in [6.45, 7) is 2.64. The number of carbonyl (C=O) groups excluding carboxylic acids is 1. The summed E-state index contributed by atoms with van der Waals surface area (Å²) in [4.78, 5) is 23.4. The Morgan fingerprint density at radius 3 is 2.50 bits per heavy atom. The third-order valence-corrected chi connectivity index (χ3v) is 6.97. The van der Waals surface area contributed by atoms with Crippen LogP contribution in [0.4, 0.5) is 24.5 Å². The van der Waals surface area contributed by atoms with E-state index in [0.29, 0.717) is 43.0 Å². The Hall–Kier alpha value is -3.06. The molecule has 8 nitrogen and oxygen atoms in total. The molecule has 0 unspecified atom stereocenters. The van der Waals surface area contributed by atoms with Crippen molar-refractivity contribution in [2.75, 3.05) is 23.3 Å². The molecule has 1 aliphatic heterocycles. The topological polar surface area (TPSA) is 125 Å². The maximum atomic E-state index is 14.5. The van der Waals surface area contributed by atoms with E-state index in [9.17, 15) is 28.2 Å². The van der Waals surface area contributed by atoms with E-state index in [4.69, 9.17) is 5.73 Å². The predicted octanol–water partition coefficient (Wildman–Crippen LogP) is 3.52. The number of fused-ring (bicyclic) bond motifs is 1. The first kappa shape index (κ1) is 28.0. The average Bonchev–Trinajstić information content (AvgIpc) is 3.23. The second kappa shape index (κ2) is 11.0. The zero-order chi connectivity index (χ0) is 26.4. The number of nitrogens with zero attached hydrogens (tertiary/aromatic N) is 3. The van der Waals surface area contributed by atoms with Crippen LogP contribution in [-0.4, -0.2) is 51.3 Å². The number of halogens is 4. The van der Waals surface area contributed by atoms with Crippen molar-refractivity contribution in [3.8, 4) is 11.3 Å². The molecular weight excluding hydrogens is 567 g/mol. The van der Waals surface area contributed by atoms with Gasteiger partial charge in [-0.05, 0) is 37.1 Å². The third-order valence-electron chi connectivity index (χ3n) is 6.97. The number of aliphatic hydroxyl groups excluding tert-OH is 2. The summed E-state index contributed by atoms with van der Waals surface area (Å²) in [7, 11) is 0. The summed E-state index contributed by atoms with van der Waals surface area (Å²) < 4.78 is 43.1. The molecule has 3 heterocycles. The minimum atomic E-state index is -1.01. The zero-order valence-electron chi connectivity index (χ0n) is 20.4. The van der Waals surface area contributed by atoms with Gasteiger partial charge in [-0.15, -0.1) is 17.0 Å². The molecule has 0 radical (unpaired) electrons. The van der Waals surface area contributed by atoms with E-state index in [1.54, 1.807) is 0 Å². The summed E-state index contributed by atoms with van der Waals surface area (Å²) in [5.41, 5.74) is 6.85. The van der Waals surface area contributed by atoms with Crippen LogP contribution in [-0.2, 0) is 6.42 Å². The molecule has 1 amide bonds. The third kappa shape index (κ3) is 5.00. The minimum Gasteiger partial charge on any atom is -0.391 e. The number of hydrogen-bond acceptors (Lipinski definition) is 7. The molecule has 2 aliphatic rings. The Labute approximate surface area is 227 Å². The number of benzene rings is 1. The molecule has 0 spiro atoms. The SMILES string of the molecule is Br.C[C@H]1CN(c2c(NC(=O)c3ccc(F)c(-c4c(F)cccc4F)n3)cnc3c2CC[C@H]3O)C[C@@H](N)[C@@H]1O. The molecule has 1 saturated heterocycles. The average molecular weight is 594 g/mol. The van der Waals surface area contributed by atoms with E-state index >= 15 is 0 Å². The number of pyridine rings is 2. The number of nitrogens with one attached hydrogen (secondary N) is 1. The molecule has 1 fully saturated rings. The number of nitrogens with two attached hydrogens (primary N) is 1. The van der Waals surface area contributed by atoms with Gasteiger partial charge in [0.05, 0.1) is 41.0 Å². The van der Waals surface area contributed by atoms with Crippen LogP contribution < -0.4 is 16.0 Å². The monoisotopic (exact) mass is 593 g/mol. The number of hydrogen-bond donors (Lipinski definition) is 4. The van der Waals surface area contributed by atoms with Crippen molar-refractivity contribution in [1.82, 2.24) is 9.97 Å². The summed E-state index contributed by atoms with van der Waals surface area (Å²) in [6.07, 6.45) is 0.994. The van der Waals surface area contributed by atoms with Crippen LogP contribution in [0.25, 0.3) is 11.3 Å². The standard InChI is InChI=1S/C26H26F3N5O3.BrH/c1-12-10-34(11-17(30)25(12)36)24-13-5-8-20(35)22(13)31-9-19(24)33-26(37)18-7-6-16(29)23(32-18)21-14(27)3-2-4-15(21)28;/h2-4,6-7,9,12,17,20,25,35-36H,5,8,10-11,30H2,1H3,(H,33,37);1H/t12-,17+,20+,25+;/m0./s1. The molecule has 0 bridgehead atoms. The van der Waals surface area contributed by atoms with Crippen molar-refractivity contribution < 1.29 is 28.2 Å². The molecule has 0 saturated carbocycles. The van der Waals surface area contributed by atoms with Crippen molar-refractivity contribution in [2.45, 2.75) is 38.0 Å². The van der Waals surface area contributed by atoms with Crippen molar-refractivity contribution in [3.05, 3.63) is 70.9 Å². The fraction of sp³-hybridized carbons (Fsp3) is 0.346. The summed E-state index contributed by atoms with van der Waals surface area (Å²) in [5.74, 6) is -3.90. The Morgan fingerprint density at radius 1 is 1.11 bits per heavy atom. The number of anilines is 2. The van der Waals surface area contributed by atoms with Gasteiger partial charge in [-0.1, -0.05) is 13.0 Å². The fourth-order valence-corrected chi connectivity index (χ4v) is 5.11. The van der Waals surface area contributed by atoms with Crippen molar-refractivity contribution in [2.24, 2.45) is 11.7 Å². The Morgan fingerprint density at radius 2 is 1.82 bits per heavy atom. The van der Waals surface area contributed by atoms with Crippen LogP contribution in [0, 0.1) is 23.4 Å². The zero-order valence-corrected chi connectivity index (χ0v) is 22.1. The van der Waals surface area contributed by atoms with E-state index in [0.717, 1.165) is 35.9 Å². The smallest absolute Gasteiger partial charge is 0.274 e. The Kier molecular flexibility index (Phi) is 8.07. The van der Waals surface area contributed by atoms with E-state index < -0.39 is 52.9 Å². The van der Waals surface area contributed by atoms with Gasteiger partial charge in [-0.25, -0.2) is 18.2 Å². The van der Waals surface area contributed by atoms with Gasteiger partial charge in [0.2, 0.25) is 0 Å². The van der Waals surface area contributed by atoms with E-state index in [1.165, 1.54) is 6.20 Å². The van der Waals surface area contributed by atoms with E-state index in [-0.39, 0.29) is 28.6 Å². The first-order chi connectivity index (χ1) is 17.7. The van der Waals surface area contributed by atoms with Gasteiger partial charge >= 0.3 is 0 Å². The Balaban J connectivity index is 0.00000336. The van der Waals surface area contributed by atoms with Gasteiger partial charge in [-0.3, -0.25) is 9.78 Å². The molecule has 5 N–H and O–H groups in total. The number of carbonyl (C=O) groups is 1. The van der Waals surface area contributed by atoms with Gasteiger partial charge in [-0.2, -0.15) is 0 Å². The lowest BCUT2D eigenvalue weighted by Gasteiger charge is -2.41. The second-order valence-corrected chi connectivity index (χ2v) is 9.55. The molecule has 38 heavy (non-hydrogen) atoms. The molecule has 4 atom stereocenters. The highest BCUT2D eigenvalue weighted by atomic mass is 79.9. The van der Waals surface area contributed by atoms with Crippen molar-refractivity contribution in [1.29, 1.82) is 0 Å². The summed E-state index contributed by atoms with van der Waals surface area (Å²) >= 11 is 0. The number of amides is 1. The molecule has 5 rings (SSSR count). The van der Waals surface area contributed by atoms with Crippen LogP contribution >= 0.6 is 17.0 Å². The molecule has 2 aromatic heterocycles. The highest BCUT2D eigenvalue weighted by Gasteiger charge is 2.36. The lowest BCUT2D eigenvalue weighted by molar-refractivity contribution is 0.0784. The van der Waals surface area contributed by atoms with Crippen LogP contribution in [0.5, 0.6) is 0 Å². The van der Waals surface area contributed by atoms with E-state index in [2.05, 4.69) is 15.3 Å². The van der Waals surface area contributed by atoms with Gasteiger partial charge in [0.15, 0.2) is 0 Å². The molecule has 12 heteroatoms. The molecule has 1 aliphatic carbocycles. The van der Waals surface area contributed by atoms with Crippen molar-refractivity contribution in [3.63, 3.8) is 0 Å². The van der Waals surface area contributed by atoms with Gasteiger partial charge in [0.1, 0.15) is 28.8 Å². The first-order valence-corrected chi connectivity index (χ1v) is 12.0. The number of piperidine rings is 1. The van der Waals surface area contributed by atoms with Gasteiger partial charge in [0, 0.05) is 30.6 Å². The fourth-order valence-electron chi connectivity index (χ4n) is 5.11. The lowest BCUT2D eigenvalue weighted by Crippen LogP contribution is -2.56. The molecule has 3 aromatic rings.